The summed E-state index contributed by atoms with van der Waals surface area (Å²) in [5.74, 6) is -1.04. The molecule has 1 N–H and O–H groups in total. The molecule has 0 aliphatic carbocycles. The van der Waals surface area contributed by atoms with Crippen molar-refractivity contribution in [3.05, 3.63) is 71.3 Å². The molecule has 6 nitrogen and oxygen atoms in total. The van der Waals surface area contributed by atoms with Crippen molar-refractivity contribution >= 4 is 11.7 Å². The van der Waals surface area contributed by atoms with E-state index in [4.69, 9.17) is 14.8 Å². The first-order valence-corrected chi connectivity index (χ1v) is 8.19. The zero-order valence-electron chi connectivity index (χ0n) is 14.1. The summed E-state index contributed by atoms with van der Waals surface area (Å²) in [6.07, 6.45) is 0.413. The van der Waals surface area contributed by atoms with Gasteiger partial charge in [-0.1, -0.05) is 47.6 Å². The van der Waals surface area contributed by atoms with Crippen molar-refractivity contribution in [1.29, 1.82) is 5.26 Å². The number of rotatable bonds is 7. The molecular formula is C20H18N2O4. The summed E-state index contributed by atoms with van der Waals surface area (Å²) >= 11 is 0. The van der Waals surface area contributed by atoms with Gasteiger partial charge in [-0.25, -0.2) is 4.79 Å². The van der Waals surface area contributed by atoms with Crippen LogP contribution in [0.1, 0.15) is 23.1 Å². The van der Waals surface area contributed by atoms with Crippen LogP contribution in [0.25, 0.3) is 0 Å². The Labute approximate surface area is 151 Å². The first kappa shape index (κ1) is 17.6. The van der Waals surface area contributed by atoms with Crippen LogP contribution in [0.5, 0.6) is 0 Å². The Morgan fingerprint density at radius 1 is 1.19 bits per heavy atom. The molecule has 0 aromatic heterocycles. The molecule has 0 fully saturated rings. The molecule has 3 rings (SSSR count). The normalized spacial score (nSPS) is 18.7. The molecule has 1 aliphatic heterocycles. The van der Waals surface area contributed by atoms with Gasteiger partial charge in [0, 0.05) is 12.8 Å². The van der Waals surface area contributed by atoms with Gasteiger partial charge in [0.1, 0.15) is 0 Å². The van der Waals surface area contributed by atoms with Crippen molar-refractivity contribution < 1.29 is 19.5 Å². The maximum atomic E-state index is 11.8. The molecule has 1 atom stereocenters. The van der Waals surface area contributed by atoms with E-state index in [9.17, 15) is 9.90 Å². The lowest BCUT2D eigenvalue weighted by molar-refractivity contribution is -0.162. The van der Waals surface area contributed by atoms with Crippen LogP contribution in [-0.4, -0.2) is 29.0 Å². The Balaban J connectivity index is 1.57. The van der Waals surface area contributed by atoms with Gasteiger partial charge in [0.25, 0.3) is 0 Å². The van der Waals surface area contributed by atoms with Crippen molar-refractivity contribution in [2.24, 2.45) is 5.16 Å². The summed E-state index contributed by atoms with van der Waals surface area (Å²) in [4.78, 5) is 17.1. The number of carboxylic acid groups (broad SMARTS) is 1. The second kappa shape index (κ2) is 7.81. The lowest BCUT2D eigenvalue weighted by Crippen LogP contribution is -2.41. The zero-order valence-corrected chi connectivity index (χ0v) is 14.1. The number of ether oxygens (including phenoxy) is 1. The SMILES string of the molecule is N#Cc1cccc(COCC2=NOC(Cc3ccccc3)(C(=O)O)C2)c1. The first-order valence-electron chi connectivity index (χ1n) is 8.19. The zero-order chi connectivity index (χ0) is 18.4. The highest BCUT2D eigenvalue weighted by Crippen LogP contribution is 2.29. The summed E-state index contributed by atoms with van der Waals surface area (Å²) in [6.45, 7) is 0.494. The van der Waals surface area contributed by atoms with Gasteiger partial charge < -0.3 is 14.7 Å². The van der Waals surface area contributed by atoms with Crippen LogP contribution in [-0.2, 0) is 27.4 Å². The molecule has 0 saturated carbocycles. The fourth-order valence-corrected chi connectivity index (χ4v) is 2.85. The third kappa shape index (κ3) is 4.08. The van der Waals surface area contributed by atoms with E-state index in [-0.39, 0.29) is 19.4 Å². The van der Waals surface area contributed by atoms with Crippen molar-refractivity contribution in [1.82, 2.24) is 0 Å². The maximum absolute atomic E-state index is 11.8. The monoisotopic (exact) mass is 350 g/mol. The van der Waals surface area contributed by atoms with Crippen LogP contribution in [0.2, 0.25) is 0 Å². The number of nitrogens with zero attached hydrogens (tertiary/aromatic N) is 2. The minimum absolute atomic E-state index is 0.176. The van der Waals surface area contributed by atoms with Crippen LogP contribution in [0.15, 0.2) is 59.8 Å². The van der Waals surface area contributed by atoms with E-state index in [1.165, 1.54) is 0 Å². The van der Waals surface area contributed by atoms with E-state index in [1.54, 1.807) is 18.2 Å². The Kier molecular flexibility index (Phi) is 5.30. The molecule has 0 bridgehead atoms. The summed E-state index contributed by atoms with van der Waals surface area (Å²) in [5.41, 5.74) is 1.49. The highest BCUT2D eigenvalue weighted by atomic mass is 16.7. The van der Waals surface area contributed by atoms with Crippen LogP contribution in [0.4, 0.5) is 0 Å². The van der Waals surface area contributed by atoms with Crippen molar-refractivity contribution in [2.75, 3.05) is 6.61 Å². The molecule has 132 valence electrons. The van der Waals surface area contributed by atoms with Crippen molar-refractivity contribution in [3.8, 4) is 6.07 Å². The summed E-state index contributed by atoms with van der Waals surface area (Å²) < 4.78 is 5.61. The number of nitriles is 1. The Bertz CT molecular complexity index is 858. The minimum Gasteiger partial charge on any atom is -0.478 e. The van der Waals surface area contributed by atoms with Gasteiger partial charge in [0.15, 0.2) is 0 Å². The van der Waals surface area contributed by atoms with Gasteiger partial charge in [-0.15, -0.1) is 0 Å². The highest BCUT2D eigenvalue weighted by molar-refractivity contribution is 5.94. The van der Waals surface area contributed by atoms with Gasteiger partial charge in [0.2, 0.25) is 5.60 Å². The predicted molar refractivity (Wildman–Crippen MR) is 94.5 cm³/mol. The minimum atomic E-state index is -1.39. The molecule has 26 heavy (non-hydrogen) atoms. The van der Waals surface area contributed by atoms with Gasteiger partial charge in [0.05, 0.1) is 30.6 Å². The largest absolute Gasteiger partial charge is 0.478 e. The average molecular weight is 350 g/mol. The second-order valence-corrected chi connectivity index (χ2v) is 6.19. The van der Waals surface area contributed by atoms with Crippen LogP contribution in [0.3, 0.4) is 0 Å². The second-order valence-electron chi connectivity index (χ2n) is 6.19. The number of carboxylic acids is 1. The lowest BCUT2D eigenvalue weighted by atomic mass is 9.90. The summed E-state index contributed by atoms with van der Waals surface area (Å²) in [5, 5.41) is 22.5. The third-order valence-corrected chi connectivity index (χ3v) is 4.15. The van der Waals surface area contributed by atoms with E-state index in [2.05, 4.69) is 11.2 Å². The molecule has 6 heteroatoms. The summed E-state index contributed by atoms with van der Waals surface area (Å²) in [7, 11) is 0. The number of aliphatic carboxylic acids is 1. The van der Waals surface area contributed by atoms with E-state index in [1.807, 2.05) is 36.4 Å². The van der Waals surface area contributed by atoms with E-state index < -0.39 is 11.6 Å². The van der Waals surface area contributed by atoms with Crippen molar-refractivity contribution in [3.63, 3.8) is 0 Å². The number of hydrogen-bond acceptors (Lipinski definition) is 5. The van der Waals surface area contributed by atoms with Crippen LogP contribution >= 0.6 is 0 Å². The Hall–Kier alpha value is -3.17. The van der Waals surface area contributed by atoms with Crippen LogP contribution < -0.4 is 0 Å². The van der Waals surface area contributed by atoms with Gasteiger partial charge in [-0.05, 0) is 23.3 Å². The molecule has 0 radical (unpaired) electrons. The number of benzene rings is 2. The number of carbonyl (C=O) groups is 1. The quantitative estimate of drug-likeness (QED) is 0.829. The van der Waals surface area contributed by atoms with Crippen LogP contribution in [0, 0.1) is 11.3 Å². The Morgan fingerprint density at radius 3 is 2.69 bits per heavy atom. The first-order chi connectivity index (χ1) is 12.6. The maximum Gasteiger partial charge on any atom is 0.351 e. The van der Waals surface area contributed by atoms with E-state index in [0.29, 0.717) is 17.9 Å². The standard InChI is InChI=1S/C20H18N2O4/c21-12-16-7-4-8-17(9-16)13-25-14-18-11-20(19(23)24,26-22-18)10-15-5-2-1-3-6-15/h1-9H,10-11,13-14H2,(H,23,24). The molecule has 0 saturated heterocycles. The van der Waals surface area contributed by atoms with E-state index >= 15 is 0 Å². The highest BCUT2D eigenvalue weighted by Gasteiger charge is 2.46. The van der Waals surface area contributed by atoms with Gasteiger partial charge in [-0.2, -0.15) is 5.26 Å². The lowest BCUT2D eigenvalue weighted by Gasteiger charge is -2.21. The molecule has 1 unspecified atom stereocenters. The summed E-state index contributed by atoms with van der Waals surface area (Å²) in [6, 6.07) is 18.6. The third-order valence-electron chi connectivity index (χ3n) is 4.15. The Morgan fingerprint density at radius 2 is 1.96 bits per heavy atom. The molecule has 0 amide bonds. The fraction of sp³-hybridized carbons (Fsp3) is 0.250. The molecule has 1 heterocycles. The smallest absolute Gasteiger partial charge is 0.351 e. The number of hydrogen-bond donors (Lipinski definition) is 1. The van der Waals surface area contributed by atoms with Gasteiger partial charge in [-0.3, -0.25) is 0 Å². The topological polar surface area (TPSA) is 91.9 Å². The molecule has 2 aromatic carbocycles. The molecule has 1 aliphatic rings. The van der Waals surface area contributed by atoms with Gasteiger partial charge >= 0.3 is 5.97 Å². The van der Waals surface area contributed by atoms with Crippen molar-refractivity contribution in [2.45, 2.75) is 25.0 Å². The molecular weight excluding hydrogens is 332 g/mol. The predicted octanol–water partition coefficient (Wildman–Crippen LogP) is 2.92. The molecule has 0 spiro atoms. The fourth-order valence-electron chi connectivity index (χ4n) is 2.85. The molecule has 2 aromatic rings. The number of oxime groups is 1. The van der Waals surface area contributed by atoms with E-state index in [0.717, 1.165) is 11.1 Å². The average Bonchev–Trinajstić information content (AvgIpc) is 3.07.